The molecule has 5 nitrogen and oxygen atoms in total. The third-order valence-electron chi connectivity index (χ3n) is 2.67. The molecule has 0 saturated carbocycles. The predicted molar refractivity (Wildman–Crippen MR) is 81.1 cm³/mol. The number of aromatic carboxylic acids is 1. The summed E-state index contributed by atoms with van der Waals surface area (Å²) in [5.74, 6) is 0.487. The van der Waals surface area contributed by atoms with Gasteiger partial charge in [0, 0.05) is 15.4 Å². The van der Waals surface area contributed by atoms with E-state index in [4.69, 9.17) is 0 Å². The number of nitrogens with zero attached hydrogens (tertiary/aromatic N) is 3. The van der Waals surface area contributed by atoms with Gasteiger partial charge in [0.15, 0.2) is 0 Å². The van der Waals surface area contributed by atoms with Crippen molar-refractivity contribution in [1.29, 1.82) is 0 Å². The van der Waals surface area contributed by atoms with Crippen LogP contribution in [-0.4, -0.2) is 25.8 Å². The molecule has 7 heteroatoms. The van der Waals surface area contributed by atoms with Crippen molar-refractivity contribution in [2.24, 2.45) is 0 Å². The highest BCUT2D eigenvalue weighted by Crippen LogP contribution is 2.29. The lowest BCUT2D eigenvalue weighted by Crippen LogP contribution is -2.07. The summed E-state index contributed by atoms with van der Waals surface area (Å²) in [5, 5.41) is 13.4. The molecule has 1 aromatic heterocycles. The van der Waals surface area contributed by atoms with E-state index in [1.807, 2.05) is 24.6 Å². The number of carboxylic acid groups (broad SMARTS) is 1. The first-order valence-corrected chi connectivity index (χ1v) is 7.81. The molecular weight excluding hydrogens is 342 g/mol. The van der Waals surface area contributed by atoms with Gasteiger partial charge in [0.1, 0.15) is 12.2 Å². The number of hydrogen-bond donors (Lipinski definition) is 1. The number of aromatic nitrogens is 3. The molecule has 1 N–H and O–H groups in total. The minimum Gasteiger partial charge on any atom is -0.478 e. The minimum atomic E-state index is -0.926. The van der Waals surface area contributed by atoms with E-state index in [0.717, 1.165) is 10.3 Å². The van der Waals surface area contributed by atoms with Gasteiger partial charge in [-0.05, 0) is 32.0 Å². The van der Waals surface area contributed by atoms with E-state index in [1.54, 1.807) is 12.1 Å². The van der Waals surface area contributed by atoms with E-state index >= 15 is 0 Å². The Balaban J connectivity index is 2.20. The number of carbonyl (C=O) groups is 1. The van der Waals surface area contributed by atoms with Gasteiger partial charge >= 0.3 is 5.97 Å². The van der Waals surface area contributed by atoms with Crippen LogP contribution >= 0.6 is 27.7 Å². The van der Waals surface area contributed by atoms with Gasteiger partial charge in [0.05, 0.1) is 11.3 Å². The van der Waals surface area contributed by atoms with E-state index in [2.05, 4.69) is 26.0 Å². The largest absolute Gasteiger partial charge is 0.478 e. The van der Waals surface area contributed by atoms with Crippen molar-refractivity contribution in [3.05, 3.63) is 40.4 Å². The van der Waals surface area contributed by atoms with E-state index in [1.165, 1.54) is 18.1 Å². The standard InChI is InChI=1S/C13H14BrN3O2S/c1-8(2)17-12(15-7-16-17)6-20-11-5-9(14)3-4-10(11)13(18)19/h3-5,7-8H,6H2,1-2H3,(H,18,19). The maximum absolute atomic E-state index is 11.2. The van der Waals surface area contributed by atoms with Crippen molar-refractivity contribution < 1.29 is 9.90 Å². The van der Waals surface area contributed by atoms with Crippen molar-refractivity contribution >= 4 is 33.7 Å². The highest BCUT2D eigenvalue weighted by molar-refractivity contribution is 9.10. The van der Waals surface area contributed by atoms with Gasteiger partial charge in [0.25, 0.3) is 0 Å². The first-order valence-electron chi connectivity index (χ1n) is 6.03. The molecular formula is C13H14BrN3O2S. The van der Waals surface area contributed by atoms with E-state index < -0.39 is 5.97 Å². The summed E-state index contributed by atoms with van der Waals surface area (Å²) in [6.45, 7) is 4.06. The molecule has 0 fully saturated rings. The van der Waals surface area contributed by atoms with Crippen LogP contribution in [0.4, 0.5) is 0 Å². The number of carboxylic acids is 1. The second-order valence-electron chi connectivity index (χ2n) is 4.45. The van der Waals surface area contributed by atoms with Crippen LogP contribution in [0.3, 0.4) is 0 Å². The van der Waals surface area contributed by atoms with Crippen LogP contribution in [0.1, 0.15) is 36.1 Å². The fraction of sp³-hybridized carbons (Fsp3) is 0.308. The topological polar surface area (TPSA) is 68.0 Å². The molecule has 0 aliphatic rings. The third-order valence-corrected chi connectivity index (χ3v) is 4.21. The van der Waals surface area contributed by atoms with Crippen LogP contribution < -0.4 is 0 Å². The molecule has 0 unspecified atom stereocenters. The van der Waals surface area contributed by atoms with E-state index in [-0.39, 0.29) is 6.04 Å². The van der Waals surface area contributed by atoms with Gasteiger partial charge in [-0.15, -0.1) is 11.8 Å². The molecule has 0 spiro atoms. The molecule has 0 radical (unpaired) electrons. The minimum absolute atomic E-state index is 0.231. The Morgan fingerprint density at radius 3 is 2.90 bits per heavy atom. The van der Waals surface area contributed by atoms with Crippen LogP contribution in [0.15, 0.2) is 33.9 Å². The maximum Gasteiger partial charge on any atom is 0.336 e. The predicted octanol–water partition coefficient (Wildman–Crippen LogP) is 3.61. The SMILES string of the molecule is CC(C)n1ncnc1CSc1cc(Br)ccc1C(=O)O. The van der Waals surface area contributed by atoms with Crippen molar-refractivity contribution in [2.45, 2.75) is 30.5 Å². The first kappa shape index (κ1) is 15.1. The van der Waals surface area contributed by atoms with Gasteiger partial charge < -0.3 is 5.11 Å². The Morgan fingerprint density at radius 1 is 1.50 bits per heavy atom. The summed E-state index contributed by atoms with van der Waals surface area (Å²) < 4.78 is 2.70. The third kappa shape index (κ3) is 3.40. The maximum atomic E-state index is 11.2. The molecule has 106 valence electrons. The molecule has 0 aliphatic carbocycles. The Kier molecular flexibility index (Phi) is 4.82. The normalized spacial score (nSPS) is 11.0. The van der Waals surface area contributed by atoms with Crippen LogP contribution in [0.2, 0.25) is 0 Å². The van der Waals surface area contributed by atoms with Crippen LogP contribution in [0.5, 0.6) is 0 Å². The van der Waals surface area contributed by atoms with Crippen LogP contribution in [0, 0.1) is 0 Å². The Morgan fingerprint density at radius 2 is 2.25 bits per heavy atom. The summed E-state index contributed by atoms with van der Waals surface area (Å²) in [4.78, 5) is 16.1. The number of hydrogen-bond acceptors (Lipinski definition) is 4. The molecule has 0 atom stereocenters. The first-order chi connectivity index (χ1) is 9.49. The molecule has 0 bridgehead atoms. The zero-order valence-electron chi connectivity index (χ0n) is 11.1. The Bertz CT molecular complexity index is 628. The van der Waals surface area contributed by atoms with Gasteiger partial charge in [-0.25, -0.2) is 14.5 Å². The van der Waals surface area contributed by atoms with E-state index in [0.29, 0.717) is 16.2 Å². The van der Waals surface area contributed by atoms with Crippen molar-refractivity contribution in [3.8, 4) is 0 Å². The van der Waals surface area contributed by atoms with Crippen LogP contribution in [0.25, 0.3) is 0 Å². The lowest BCUT2D eigenvalue weighted by atomic mass is 10.2. The molecule has 20 heavy (non-hydrogen) atoms. The van der Waals surface area contributed by atoms with Gasteiger partial charge in [-0.2, -0.15) is 5.10 Å². The number of thioether (sulfide) groups is 1. The smallest absolute Gasteiger partial charge is 0.336 e. The quantitative estimate of drug-likeness (QED) is 0.829. The molecule has 1 heterocycles. The molecule has 1 aromatic carbocycles. The monoisotopic (exact) mass is 355 g/mol. The Hall–Kier alpha value is -1.34. The molecule has 0 aliphatic heterocycles. The molecule has 2 aromatic rings. The fourth-order valence-electron chi connectivity index (χ4n) is 1.74. The average molecular weight is 356 g/mol. The van der Waals surface area contributed by atoms with Crippen molar-refractivity contribution in [1.82, 2.24) is 14.8 Å². The fourth-order valence-corrected chi connectivity index (χ4v) is 3.27. The zero-order valence-corrected chi connectivity index (χ0v) is 13.5. The highest BCUT2D eigenvalue weighted by Gasteiger charge is 2.13. The van der Waals surface area contributed by atoms with Crippen molar-refractivity contribution in [3.63, 3.8) is 0 Å². The lowest BCUT2D eigenvalue weighted by Gasteiger charge is -2.10. The van der Waals surface area contributed by atoms with Crippen molar-refractivity contribution in [2.75, 3.05) is 0 Å². The summed E-state index contributed by atoms with van der Waals surface area (Å²) in [5.41, 5.74) is 0.300. The molecule has 0 saturated heterocycles. The Labute approximate surface area is 129 Å². The number of halogens is 1. The number of benzene rings is 1. The van der Waals surface area contributed by atoms with Crippen LogP contribution in [-0.2, 0) is 5.75 Å². The molecule has 2 rings (SSSR count). The number of rotatable bonds is 5. The molecule has 0 amide bonds. The lowest BCUT2D eigenvalue weighted by molar-refractivity contribution is 0.0693. The summed E-state index contributed by atoms with van der Waals surface area (Å²) in [6.07, 6.45) is 1.52. The summed E-state index contributed by atoms with van der Waals surface area (Å²) in [7, 11) is 0. The van der Waals surface area contributed by atoms with E-state index in [9.17, 15) is 9.90 Å². The van der Waals surface area contributed by atoms with Gasteiger partial charge in [0.2, 0.25) is 0 Å². The zero-order chi connectivity index (χ0) is 14.7. The highest BCUT2D eigenvalue weighted by atomic mass is 79.9. The summed E-state index contributed by atoms with van der Waals surface area (Å²) in [6, 6.07) is 5.37. The van der Waals surface area contributed by atoms with Gasteiger partial charge in [-0.3, -0.25) is 0 Å². The average Bonchev–Trinajstić information content (AvgIpc) is 2.84. The summed E-state index contributed by atoms with van der Waals surface area (Å²) >= 11 is 4.81. The van der Waals surface area contributed by atoms with Gasteiger partial charge in [-0.1, -0.05) is 15.9 Å². The second kappa shape index (κ2) is 6.41. The second-order valence-corrected chi connectivity index (χ2v) is 6.38.